The minimum absolute atomic E-state index is 0.876. The summed E-state index contributed by atoms with van der Waals surface area (Å²) in [5.74, 6) is 1.77. The molecule has 3 rings (SSSR count). The molecule has 2 atom stereocenters. The predicted octanol–water partition coefficient (Wildman–Crippen LogP) is 1.91. The zero-order valence-corrected chi connectivity index (χ0v) is 6.76. The van der Waals surface area contributed by atoms with Crippen molar-refractivity contribution in [1.82, 2.24) is 0 Å². The average molecular weight is 148 g/mol. The van der Waals surface area contributed by atoms with E-state index in [9.17, 15) is 0 Å². The Morgan fingerprint density at radius 2 is 2.36 bits per heavy atom. The van der Waals surface area contributed by atoms with Gasteiger partial charge in [-0.1, -0.05) is 6.08 Å². The van der Waals surface area contributed by atoms with Gasteiger partial charge in [-0.05, 0) is 41.9 Å². The van der Waals surface area contributed by atoms with E-state index in [2.05, 4.69) is 13.0 Å². The molecule has 1 nitrogen and oxygen atoms in total. The van der Waals surface area contributed by atoms with Gasteiger partial charge < -0.3 is 4.74 Å². The number of allylic oxidation sites excluding steroid dienone is 1. The molecule has 0 aromatic carbocycles. The van der Waals surface area contributed by atoms with Crippen molar-refractivity contribution in [1.29, 1.82) is 0 Å². The zero-order chi connectivity index (χ0) is 7.42. The molecule has 0 aromatic heterocycles. The first-order valence-corrected chi connectivity index (χ1v) is 4.34. The third-order valence-corrected chi connectivity index (χ3v) is 3.12. The van der Waals surface area contributed by atoms with E-state index >= 15 is 0 Å². The van der Waals surface area contributed by atoms with Crippen LogP contribution in [0.5, 0.6) is 0 Å². The van der Waals surface area contributed by atoms with E-state index in [4.69, 9.17) is 4.74 Å². The van der Waals surface area contributed by atoms with Crippen LogP contribution in [0.2, 0.25) is 0 Å². The van der Waals surface area contributed by atoms with Crippen molar-refractivity contribution in [3.8, 4) is 0 Å². The molecule has 2 unspecified atom stereocenters. The maximum absolute atomic E-state index is 5.44. The second-order valence-corrected chi connectivity index (χ2v) is 3.85. The predicted molar refractivity (Wildman–Crippen MR) is 43.2 cm³/mol. The fraction of sp³-hybridized carbons (Fsp3) is 0.600. The lowest BCUT2D eigenvalue weighted by atomic mass is 9.94. The number of ether oxygens (including phenoxy) is 1. The first-order valence-electron chi connectivity index (χ1n) is 4.34. The molecule has 11 heavy (non-hydrogen) atoms. The molecule has 1 heterocycles. The van der Waals surface area contributed by atoms with Crippen molar-refractivity contribution < 1.29 is 4.74 Å². The summed E-state index contributed by atoms with van der Waals surface area (Å²) >= 11 is 0. The van der Waals surface area contributed by atoms with E-state index in [0.717, 1.165) is 25.0 Å². The molecule has 0 bridgehead atoms. The maximum atomic E-state index is 5.44. The third kappa shape index (κ3) is 0.694. The minimum Gasteiger partial charge on any atom is -0.372 e. The molecule has 0 radical (unpaired) electrons. The Morgan fingerprint density at radius 3 is 3.27 bits per heavy atom. The van der Waals surface area contributed by atoms with Gasteiger partial charge in [-0.15, -0.1) is 0 Å². The van der Waals surface area contributed by atoms with Crippen molar-refractivity contribution >= 4 is 0 Å². The summed E-state index contributed by atoms with van der Waals surface area (Å²) in [4.78, 5) is 0. The van der Waals surface area contributed by atoms with Crippen LogP contribution in [0, 0.1) is 11.8 Å². The molecule has 0 amide bonds. The highest BCUT2D eigenvalue weighted by Crippen LogP contribution is 2.52. The summed E-state index contributed by atoms with van der Waals surface area (Å²) in [5, 5.41) is 0. The monoisotopic (exact) mass is 148 g/mol. The van der Waals surface area contributed by atoms with Crippen molar-refractivity contribution in [3.63, 3.8) is 0 Å². The topological polar surface area (TPSA) is 9.23 Å². The summed E-state index contributed by atoms with van der Waals surface area (Å²) in [6, 6.07) is 0. The molecule has 0 aromatic rings. The molecule has 0 N–H and O–H groups in total. The second kappa shape index (κ2) is 1.78. The molecular weight excluding hydrogens is 136 g/mol. The molecule has 1 saturated carbocycles. The maximum Gasteiger partial charge on any atom is 0.0724 e. The Labute approximate surface area is 66.7 Å². The summed E-state index contributed by atoms with van der Waals surface area (Å²) in [6.45, 7) is 4.01. The lowest BCUT2D eigenvalue weighted by molar-refractivity contribution is 0.203. The lowest BCUT2D eigenvalue weighted by Crippen LogP contribution is -1.99. The van der Waals surface area contributed by atoms with Gasteiger partial charge in [0.15, 0.2) is 0 Å². The normalized spacial score (nSPS) is 39.9. The average Bonchev–Trinajstić information content (AvgIpc) is 2.62. The number of fused-ring (bicyclic) bond motifs is 2. The van der Waals surface area contributed by atoms with Crippen molar-refractivity contribution in [2.45, 2.75) is 13.3 Å². The molecule has 3 aliphatic rings. The Morgan fingerprint density at radius 1 is 1.45 bits per heavy atom. The molecule has 1 aliphatic heterocycles. The Kier molecular flexibility index (Phi) is 0.972. The van der Waals surface area contributed by atoms with Gasteiger partial charge in [0.25, 0.3) is 0 Å². The SMILES string of the molecule is CC1=CC2CC2C2=C1COC2. The molecule has 2 aliphatic carbocycles. The van der Waals surface area contributed by atoms with E-state index < -0.39 is 0 Å². The number of hydrogen-bond donors (Lipinski definition) is 0. The quantitative estimate of drug-likeness (QED) is 0.510. The molecule has 0 spiro atoms. The van der Waals surface area contributed by atoms with E-state index in [1.165, 1.54) is 17.6 Å². The smallest absolute Gasteiger partial charge is 0.0724 e. The van der Waals surface area contributed by atoms with Gasteiger partial charge in [-0.3, -0.25) is 0 Å². The van der Waals surface area contributed by atoms with E-state index in [1.807, 2.05) is 0 Å². The van der Waals surface area contributed by atoms with Gasteiger partial charge in [0.05, 0.1) is 13.2 Å². The van der Waals surface area contributed by atoms with Crippen LogP contribution in [-0.4, -0.2) is 13.2 Å². The second-order valence-electron chi connectivity index (χ2n) is 3.85. The summed E-state index contributed by atoms with van der Waals surface area (Å²) in [6.07, 6.45) is 3.82. The molecular formula is C10H12O. The third-order valence-electron chi connectivity index (χ3n) is 3.12. The summed E-state index contributed by atoms with van der Waals surface area (Å²) < 4.78 is 5.44. The van der Waals surface area contributed by atoms with Crippen molar-refractivity contribution in [3.05, 3.63) is 22.8 Å². The van der Waals surface area contributed by atoms with Crippen LogP contribution in [0.15, 0.2) is 22.8 Å². The van der Waals surface area contributed by atoms with Crippen LogP contribution in [0.3, 0.4) is 0 Å². The highest BCUT2D eigenvalue weighted by molar-refractivity contribution is 5.46. The van der Waals surface area contributed by atoms with Gasteiger partial charge in [-0.25, -0.2) is 0 Å². The molecule has 1 fully saturated rings. The van der Waals surface area contributed by atoms with Gasteiger partial charge >= 0.3 is 0 Å². The fourth-order valence-corrected chi connectivity index (χ4v) is 2.36. The number of rotatable bonds is 0. The summed E-state index contributed by atoms with van der Waals surface area (Å²) in [7, 11) is 0. The van der Waals surface area contributed by atoms with Gasteiger partial charge in [0.1, 0.15) is 0 Å². The molecule has 0 saturated heterocycles. The van der Waals surface area contributed by atoms with Crippen molar-refractivity contribution in [2.75, 3.05) is 13.2 Å². The number of hydrogen-bond acceptors (Lipinski definition) is 1. The molecule has 1 heteroatoms. The summed E-state index contributed by atoms with van der Waals surface area (Å²) in [5.41, 5.74) is 4.62. The highest BCUT2D eigenvalue weighted by atomic mass is 16.5. The van der Waals surface area contributed by atoms with E-state index in [1.54, 1.807) is 5.57 Å². The standard InChI is InChI=1S/C10H12O/c1-6-2-7-3-8(7)10-5-11-4-9(6)10/h2,7-8H,3-5H2,1H3. The largest absolute Gasteiger partial charge is 0.372 e. The van der Waals surface area contributed by atoms with Gasteiger partial charge in [-0.2, -0.15) is 0 Å². The first kappa shape index (κ1) is 6.01. The lowest BCUT2D eigenvalue weighted by Gasteiger charge is -2.09. The Bertz CT molecular complexity index is 273. The van der Waals surface area contributed by atoms with Crippen molar-refractivity contribution in [2.24, 2.45) is 11.8 Å². The van der Waals surface area contributed by atoms with Crippen LogP contribution in [0.25, 0.3) is 0 Å². The zero-order valence-electron chi connectivity index (χ0n) is 6.76. The van der Waals surface area contributed by atoms with Crippen LogP contribution in [-0.2, 0) is 4.74 Å². The fourth-order valence-electron chi connectivity index (χ4n) is 2.36. The van der Waals surface area contributed by atoms with Crippen LogP contribution < -0.4 is 0 Å². The van der Waals surface area contributed by atoms with Crippen LogP contribution in [0.4, 0.5) is 0 Å². The Balaban J connectivity index is 2.10. The Hall–Kier alpha value is -0.560. The first-order chi connectivity index (χ1) is 5.36. The molecule has 58 valence electrons. The van der Waals surface area contributed by atoms with E-state index in [0.29, 0.717) is 0 Å². The van der Waals surface area contributed by atoms with Crippen LogP contribution in [0.1, 0.15) is 13.3 Å². The van der Waals surface area contributed by atoms with E-state index in [-0.39, 0.29) is 0 Å². The minimum atomic E-state index is 0.876. The van der Waals surface area contributed by atoms with Crippen LogP contribution >= 0.6 is 0 Å². The van der Waals surface area contributed by atoms with Gasteiger partial charge in [0, 0.05) is 0 Å². The van der Waals surface area contributed by atoms with Gasteiger partial charge in [0.2, 0.25) is 0 Å². The highest BCUT2D eigenvalue weighted by Gasteiger charge is 2.43.